The molecule has 0 fully saturated rings. The molecular weight excluding hydrogens is 340 g/mol. The first-order valence-electron chi connectivity index (χ1n) is 8.81. The zero-order chi connectivity index (χ0) is 19.2. The van der Waals surface area contributed by atoms with Gasteiger partial charge in [0.1, 0.15) is 5.56 Å². The summed E-state index contributed by atoms with van der Waals surface area (Å²) in [6.45, 7) is 2.43. The maximum atomic E-state index is 12.7. The van der Waals surface area contributed by atoms with Crippen LogP contribution in [0, 0.1) is 6.92 Å². The number of aryl methyl sites for hydroxylation is 1. The van der Waals surface area contributed by atoms with E-state index in [0.717, 1.165) is 11.1 Å². The van der Waals surface area contributed by atoms with Crippen LogP contribution in [-0.2, 0) is 6.54 Å². The van der Waals surface area contributed by atoms with Crippen molar-refractivity contribution in [3.05, 3.63) is 106 Å². The maximum Gasteiger partial charge on any atom is 0.263 e. The Morgan fingerprint density at radius 1 is 1.07 bits per heavy atom. The lowest BCUT2D eigenvalue weighted by Crippen LogP contribution is -2.35. The summed E-state index contributed by atoms with van der Waals surface area (Å²) in [5, 5.41) is 12.8. The highest BCUT2D eigenvalue weighted by atomic mass is 16.3. The number of pyridine rings is 1. The fraction of sp³-hybridized carbons (Fsp3) is 0.182. The van der Waals surface area contributed by atoms with Gasteiger partial charge in [0.05, 0.1) is 12.6 Å². The SMILES string of the molecule is Cc1cccc(Cn2cccc(C(=O)NC[C@@H](O)c3ccccc3)c2=O)c1. The third-order valence-electron chi connectivity index (χ3n) is 4.34. The van der Waals surface area contributed by atoms with Crippen molar-refractivity contribution in [3.8, 4) is 0 Å². The Balaban J connectivity index is 1.71. The fourth-order valence-corrected chi connectivity index (χ4v) is 2.92. The van der Waals surface area contributed by atoms with E-state index < -0.39 is 12.0 Å². The lowest BCUT2D eigenvalue weighted by atomic mass is 10.1. The van der Waals surface area contributed by atoms with Crippen LogP contribution in [0.1, 0.15) is 33.2 Å². The number of hydrogen-bond donors (Lipinski definition) is 2. The molecular formula is C22H22N2O3. The van der Waals surface area contributed by atoms with Crippen LogP contribution >= 0.6 is 0 Å². The Labute approximate surface area is 157 Å². The third-order valence-corrected chi connectivity index (χ3v) is 4.34. The summed E-state index contributed by atoms with van der Waals surface area (Å²) >= 11 is 0. The molecule has 0 saturated heterocycles. The summed E-state index contributed by atoms with van der Waals surface area (Å²) in [7, 11) is 0. The highest BCUT2D eigenvalue weighted by Crippen LogP contribution is 2.11. The molecule has 1 heterocycles. The van der Waals surface area contributed by atoms with Crippen molar-refractivity contribution in [1.82, 2.24) is 9.88 Å². The lowest BCUT2D eigenvalue weighted by molar-refractivity contribution is 0.0914. The van der Waals surface area contributed by atoms with Crippen molar-refractivity contribution < 1.29 is 9.90 Å². The summed E-state index contributed by atoms with van der Waals surface area (Å²) < 4.78 is 1.51. The molecule has 0 saturated carbocycles. The quantitative estimate of drug-likeness (QED) is 0.708. The van der Waals surface area contributed by atoms with Gasteiger partial charge in [-0.1, -0.05) is 60.2 Å². The zero-order valence-corrected chi connectivity index (χ0v) is 15.1. The Morgan fingerprint density at radius 3 is 2.59 bits per heavy atom. The molecule has 0 spiro atoms. The number of nitrogens with zero attached hydrogens (tertiary/aromatic N) is 1. The molecule has 0 bridgehead atoms. The van der Waals surface area contributed by atoms with Gasteiger partial charge in [-0.15, -0.1) is 0 Å². The minimum absolute atomic E-state index is 0.0368. The third kappa shape index (κ3) is 4.71. The van der Waals surface area contributed by atoms with E-state index in [-0.39, 0.29) is 17.7 Å². The molecule has 138 valence electrons. The van der Waals surface area contributed by atoms with Crippen LogP contribution in [0.5, 0.6) is 0 Å². The van der Waals surface area contributed by atoms with E-state index in [4.69, 9.17) is 0 Å². The predicted octanol–water partition coefficient (Wildman–Crippen LogP) is 2.67. The van der Waals surface area contributed by atoms with Crippen molar-refractivity contribution in [2.45, 2.75) is 19.6 Å². The minimum atomic E-state index is -0.826. The Kier molecular flexibility index (Phi) is 5.84. The molecule has 0 aliphatic rings. The number of aliphatic hydroxyl groups excluding tert-OH is 1. The van der Waals surface area contributed by atoms with Crippen LogP contribution in [0.25, 0.3) is 0 Å². The van der Waals surface area contributed by atoms with Crippen LogP contribution in [0.4, 0.5) is 0 Å². The Morgan fingerprint density at radius 2 is 1.85 bits per heavy atom. The number of aliphatic hydroxyl groups is 1. The molecule has 2 aromatic carbocycles. The Bertz CT molecular complexity index is 980. The molecule has 3 rings (SSSR count). The van der Waals surface area contributed by atoms with Crippen molar-refractivity contribution >= 4 is 5.91 Å². The normalized spacial score (nSPS) is 11.8. The van der Waals surface area contributed by atoms with Crippen molar-refractivity contribution in [2.75, 3.05) is 6.54 Å². The van der Waals surface area contributed by atoms with E-state index in [9.17, 15) is 14.7 Å². The second kappa shape index (κ2) is 8.47. The summed E-state index contributed by atoms with van der Waals surface area (Å²) in [5.74, 6) is -0.492. The summed E-state index contributed by atoms with van der Waals surface area (Å²) in [6, 6.07) is 20.1. The van der Waals surface area contributed by atoms with E-state index in [1.165, 1.54) is 10.6 Å². The average Bonchev–Trinajstić information content (AvgIpc) is 2.68. The van der Waals surface area contributed by atoms with Crippen molar-refractivity contribution in [2.24, 2.45) is 0 Å². The summed E-state index contributed by atoms with van der Waals surface area (Å²) in [6.07, 6.45) is 0.841. The van der Waals surface area contributed by atoms with E-state index in [1.54, 1.807) is 24.4 Å². The zero-order valence-electron chi connectivity index (χ0n) is 15.1. The van der Waals surface area contributed by atoms with Gasteiger partial charge < -0.3 is 15.0 Å². The van der Waals surface area contributed by atoms with Crippen LogP contribution in [-0.4, -0.2) is 22.1 Å². The van der Waals surface area contributed by atoms with Gasteiger partial charge in [0, 0.05) is 12.7 Å². The van der Waals surface area contributed by atoms with Crippen molar-refractivity contribution in [3.63, 3.8) is 0 Å². The number of amides is 1. The highest BCUT2D eigenvalue weighted by molar-refractivity contribution is 5.93. The monoisotopic (exact) mass is 362 g/mol. The van der Waals surface area contributed by atoms with E-state index in [2.05, 4.69) is 5.32 Å². The molecule has 5 heteroatoms. The summed E-state index contributed by atoms with van der Waals surface area (Å²) in [4.78, 5) is 25.1. The second-order valence-corrected chi connectivity index (χ2v) is 6.48. The molecule has 0 aliphatic heterocycles. The first kappa shape index (κ1) is 18.6. The van der Waals surface area contributed by atoms with E-state index >= 15 is 0 Å². The largest absolute Gasteiger partial charge is 0.387 e. The van der Waals surface area contributed by atoms with Gasteiger partial charge in [0.25, 0.3) is 11.5 Å². The molecule has 1 amide bonds. The first-order valence-corrected chi connectivity index (χ1v) is 8.81. The lowest BCUT2D eigenvalue weighted by Gasteiger charge is -2.13. The van der Waals surface area contributed by atoms with Gasteiger partial charge in [-0.25, -0.2) is 0 Å². The molecule has 0 unspecified atom stereocenters. The van der Waals surface area contributed by atoms with E-state index in [1.807, 2.05) is 49.4 Å². The molecule has 2 N–H and O–H groups in total. The number of aromatic nitrogens is 1. The summed E-state index contributed by atoms with van der Waals surface area (Å²) in [5.41, 5.74) is 2.53. The molecule has 5 nitrogen and oxygen atoms in total. The van der Waals surface area contributed by atoms with Gasteiger partial charge in [-0.2, -0.15) is 0 Å². The molecule has 1 aromatic heterocycles. The maximum absolute atomic E-state index is 12.7. The second-order valence-electron chi connectivity index (χ2n) is 6.48. The molecule has 1 atom stereocenters. The molecule has 3 aromatic rings. The van der Waals surface area contributed by atoms with Gasteiger partial charge in [0.15, 0.2) is 0 Å². The molecule has 0 radical (unpaired) electrons. The molecule has 0 aliphatic carbocycles. The molecule has 27 heavy (non-hydrogen) atoms. The Hall–Kier alpha value is -3.18. The number of rotatable bonds is 6. The highest BCUT2D eigenvalue weighted by Gasteiger charge is 2.14. The smallest absolute Gasteiger partial charge is 0.263 e. The van der Waals surface area contributed by atoms with Crippen LogP contribution in [0.2, 0.25) is 0 Å². The number of nitrogens with one attached hydrogen (secondary N) is 1. The number of benzene rings is 2. The van der Waals surface area contributed by atoms with Crippen LogP contribution in [0.3, 0.4) is 0 Å². The number of carbonyl (C=O) groups is 1. The van der Waals surface area contributed by atoms with Gasteiger partial charge >= 0.3 is 0 Å². The van der Waals surface area contributed by atoms with Gasteiger partial charge in [-0.05, 0) is 30.2 Å². The predicted molar refractivity (Wildman–Crippen MR) is 105 cm³/mol. The van der Waals surface area contributed by atoms with Crippen molar-refractivity contribution in [1.29, 1.82) is 0 Å². The minimum Gasteiger partial charge on any atom is -0.387 e. The van der Waals surface area contributed by atoms with E-state index in [0.29, 0.717) is 12.1 Å². The topological polar surface area (TPSA) is 71.3 Å². The van der Waals surface area contributed by atoms with Crippen LogP contribution < -0.4 is 10.9 Å². The van der Waals surface area contributed by atoms with Gasteiger partial charge in [-0.3, -0.25) is 9.59 Å². The first-order chi connectivity index (χ1) is 13.0. The standard InChI is InChI=1S/C22H22N2O3/c1-16-7-5-8-17(13-16)15-24-12-6-11-19(22(24)27)21(26)23-14-20(25)18-9-3-2-4-10-18/h2-13,20,25H,14-15H2,1H3,(H,23,26)/t20-/m1/s1. The number of carbonyl (C=O) groups excluding carboxylic acids is 1. The van der Waals surface area contributed by atoms with Crippen LogP contribution in [0.15, 0.2) is 77.7 Å². The van der Waals surface area contributed by atoms with Gasteiger partial charge in [0.2, 0.25) is 0 Å². The average molecular weight is 362 g/mol. The number of hydrogen-bond acceptors (Lipinski definition) is 3. The fourth-order valence-electron chi connectivity index (χ4n) is 2.92.